The van der Waals surface area contributed by atoms with Gasteiger partial charge in [-0.15, -0.1) is 0 Å². The zero-order valence-electron chi connectivity index (χ0n) is 9.51. The van der Waals surface area contributed by atoms with Crippen molar-refractivity contribution in [3.63, 3.8) is 0 Å². The summed E-state index contributed by atoms with van der Waals surface area (Å²) in [6.07, 6.45) is 2.17. The fourth-order valence-electron chi connectivity index (χ4n) is 1.58. The molecule has 14 heavy (non-hydrogen) atoms. The van der Waals surface area contributed by atoms with E-state index >= 15 is 0 Å². The van der Waals surface area contributed by atoms with E-state index in [4.69, 9.17) is 5.73 Å². The van der Waals surface area contributed by atoms with Gasteiger partial charge in [0.05, 0.1) is 0 Å². The molecule has 1 aromatic rings. The van der Waals surface area contributed by atoms with Gasteiger partial charge in [-0.2, -0.15) is 0 Å². The molecule has 0 aliphatic heterocycles. The number of hydrogen-bond donors (Lipinski definition) is 1. The van der Waals surface area contributed by atoms with Gasteiger partial charge < -0.3 is 5.73 Å². The van der Waals surface area contributed by atoms with E-state index in [2.05, 4.69) is 45.0 Å². The van der Waals surface area contributed by atoms with Crippen molar-refractivity contribution in [3.05, 3.63) is 35.4 Å². The molecule has 0 aliphatic rings. The van der Waals surface area contributed by atoms with Crippen molar-refractivity contribution in [1.29, 1.82) is 0 Å². The quantitative estimate of drug-likeness (QED) is 0.778. The van der Waals surface area contributed by atoms with Crippen molar-refractivity contribution in [2.24, 2.45) is 11.1 Å². The molecule has 0 aromatic heterocycles. The number of hydrogen-bond acceptors (Lipinski definition) is 1. The van der Waals surface area contributed by atoms with Gasteiger partial charge in [0.1, 0.15) is 0 Å². The van der Waals surface area contributed by atoms with Crippen LogP contribution in [0.2, 0.25) is 0 Å². The predicted octanol–water partition coefficient (Wildman–Crippen LogP) is 2.78. The van der Waals surface area contributed by atoms with Crippen molar-refractivity contribution < 1.29 is 0 Å². The summed E-state index contributed by atoms with van der Waals surface area (Å²) in [6, 6.07) is 8.80. The third-order valence-corrected chi connectivity index (χ3v) is 2.63. The Morgan fingerprint density at radius 3 is 2.43 bits per heavy atom. The highest BCUT2D eigenvalue weighted by Gasteiger charge is 2.15. The Labute approximate surface area is 87.3 Å². The van der Waals surface area contributed by atoms with Gasteiger partial charge in [-0.1, -0.05) is 45.0 Å². The fraction of sp³-hybridized carbons (Fsp3) is 0.538. The van der Waals surface area contributed by atoms with E-state index < -0.39 is 0 Å². The molecule has 0 atom stereocenters. The van der Waals surface area contributed by atoms with E-state index in [-0.39, 0.29) is 5.41 Å². The maximum Gasteiger partial charge on any atom is -0.00226 e. The lowest BCUT2D eigenvalue weighted by atomic mass is 9.85. The summed E-state index contributed by atoms with van der Waals surface area (Å²) in [6.45, 7) is 7.35. The van der Waals surface area contributed by atoms with E-state index in [1.807, 2.05) is 0 Å². The van der Waals surface area contributed by atoms with Gasteiger partial charge in [-0.25, -0.2) is 0 Å². The largest absolute Gasteiger partial charge is 0.330 e. The molecule has 0 radical (unpaired) electrons. The van der Waals surface area contributed by atoms with Gasteiger partial charge >= 0.3 is 0 Å². The standard InChI is InChI=1S/C13H21N/c1-4-11-6-5-7-12(8-11)9-13(2,3)10-14/h5-8H,4,9-10,14H2,1-3H3. The monoisotopic (exact) mass is 191 g/mol. The third kappa shape index (κ3) is 3.15. The van der Waals surface area contributed by atoms with E-state index in [0.717, 1.165) is 19.4 Å². The number of nitrogens with two attached hydrogens (primary N) is 1. The van der Waals surface area contributed by atoms with Gasteiger partial charge in [0.15, 0.2) is 0 Å². The average Bonchev–Trinajstić information content (AvgIpc) is 2.17. The van der Waals surface area contributed by atoms with E-state index in [1.54, 1.807) is 0 Å². The Morgan fingerprint density at radius 1 is 1.21 bits per heavy atom. The van der Waals surface area contributed by atoms with Gasteiger partial charge in [-0.3, -0.25) is 0 Å². The van der Waals surface area contributed by atoms with Gasteiger partial charge in [0.25, 0.3) is 0 Å². The van der Waals surface area contributed by atoms with Crippen LogP contribution in [0, 0.1) is 5.41 Å². The van der Waals surface area contributed by atoms with Crippen LogP contribution in [0.25, 0.3) is 0 Å². The van der Waals surface area contributed by atoms with Crippen LogP contribution >= 0.6 is 0 Å². The number of rotatable bonds is 4. The molecule has 1 heteroatoms. The summed E-state index contributed by atoms with van der Waals surface area (Å²) >= 11 is 0. The number of aryl methyl sites for hydroxylation is 1. The SMILES string of the molecule is CCc1cccc(CC(C)(C)CN)c1. The zero-order chi connectivity index (χ0) is 10.6. The molecule has 0 fully saturated rings. The Morgan fingerprint density at radius 2 is 1.86 bits per heavy atom. The summed E-state index contributed by atoms with van der Waals surface area (Å²) in [5.41, 5.74) is 8.75. The molecule has 0 amide bonds. The molecular formula is C13H21N. The minimum absolute atomic E-state index is 0.215. The molecule has 0 heterocycles. The first-order chi connectivity index (χ1) is 6.57. The Bertz CT molecular complexity index is 289. The van der Waals surface area contributed by atoms with Gasteiger partial charge in [0.2, 0.25) is 0 Å². The maximum atomic E-state index is 5.72. The van der Waals surface area contributed by atoms with Crippen LogP contribution in [0.15, 0.2) is 24.3 Å². The summed E-state index contributed by atoms with van der Waals surface area (Å²) in [7, 11) is 0. The highest BCUT2D eigenvalue weighted by atomic mass is 14.6. The summed E-state index contributed by atoms with van der Waals surface area (Å²) in [5, 5.41) is 0. The highest BCUT2D eigenvalue weighted by Crippen LogP contribution is 2.20. The van der Waals surface area contributed by atoms with Crippen molar-refractivity contribution in [2.75, 3.05) is 6.54 Å². The van der Waals surface area contributed by atoms with Crippen LogP contribution in [0.5, 0.6) is 0 Å². The summed E-state index contributed by atoms with van der Waals surface area (Å²) in [4.78, 5) is 0. The Balaban J connectivity index is 2.76. The van der Waals surface area contributed by atoms with E-state index in [1.165, 1.54) is 11.1 Å². The summed E-state index contributed by atoms with van der Waals surface area (Å²) < 4.78 is 0. The highest BCUT2D eigenvalue weighted by molar-refractivity contribution is 5.24. The topological polar surface area (TPSA) is 26.0 Å². The molecule has 78 valence electrons. The molecule has 0 saturated heterocycles. The number of benzene rings is 1. The average molecular weight is 191 g/mol. The van der Waals surface area contributed by atoms with Gasteiger partial charge in [0, 0.05) is 0 Å². The second-order valence-electron chi connectivity index (χ2n) is 4.72. The Kier molecular flexibility index (Phi) is 3.70. The third-order valence-electron chi connectivity index (χ3n) is 2.63. The normalized spacial score (nSPS) is 11.7. The van der Waals surface area contributed by atoms with Crippen LogP contribution < -0.4 is 5.73 Å². The predicted molar refractivity (Wildman–Crippen MR) is 62.4 cm³/mol. The van der Waals surface area contributed by atoms with Crippen molar-refractivity contribution in [3.8, 4) is 0 Å². The molecule has 0 bridgehead atoms. The molecule has 0 saturated carbocycles. The van der Waals surface area contributed by atoms with Crippen molar-refractivity contribution in [1.82, 2.24) is 0 Å². The molecule has 1 nitrogen and oxygen atoms in total. The lowest BCUT2D eigenvalue weighted by Crippen LogP contribution is -2.25. The van der Waals surface area contributed by atoms with E-state index in [9.17, 15) is 0 Å². The molecule has 2 N–H and O–H groups in total. The Hall–Kier alpha value is -0.820. The molecule has 0 unspecified atom stereocenters. The van der Waals surface area contributed by atoms with Crippen LogP contribution in [-0.2, 0) is 12.8 Å². The fourth-order valence-corrected chi connectivity index (χ4v) is 1.58. The smallest absolute Gasteiger partial charge is 0.00226 e. The van der Waals surface area contributed by atoms with Crippen LogP contribution in [0.3, 0.4) is 0 Å². The first-order valence-electron chi connectivity index (χ1n) is 5.35. The van der Waals surface area contributed by atoms with Crippen LogP contribution in [0.4, 0.5) is 0 Å². The minimum atomic E-state index is 0.215. The van der Waals surface area contributed by atoms with E-state index in [0.29, 0.717) is 0 Å². The molecule has 0 spiro atoms. The lowest BCUT2D eigenvalue weighted by molar-refractivity contribution is 0.376. The van der Waals surface area contributed by atoms with Crippen LogP contribution in [0.1, 0.15) is 31.9 Å². The van der Waals surface area contributed by atoms with Gasteiger partial charge in [-0.05, 0) is 35.9 Å². The van der Waals surface area contributed by atoms with Crippen molar-refractivity contribution >= 4 is 0 Å². The van der Waals surface area contributed by atoms with Crippen LogP contribution in [-0.4, -0.2) is 6.54 Å². The first kappa shape index (κ1) is 11.3. The van der Waals surface area contributed by atoms with Crippen molar-refractivity contribution in [2.45, 2.75) is 33.6 Å². The second kappa shape index (κ2) is 4.61. The molecule has 0 aliphatic carbocycles. The molecule has 1 rings (SSSR count). The molecule has 1 aromatic carbocycles. The molecular weight excluding hydrogens is 170 g/mol. The first-order valence-corrected chi connectivity index (χ1v) is 5.35. The lowest BCUT2D eigenvalue weighted by Gasteiger charge is -2.22. The maximum absolute atomic E-state index is 5.72. The zero-order valence-corrected chi connectivity index (χ0v) is 9.51. The summed E-state index contributed by atoms with van der Waals surface area (Å²) in [5.74, 6) is 0. The second-order valence-corrected chi connectivity index (χ2v) is 4.72. The minimum Gasteiger partial charge on any atom is -0.330 e.